The van der Waals surface area contributed by atoms with Gasteiger partial charge < -0.3 is 4.74 Å². The Morgan fingerprint density at radius 1 is 1.29 bits per heavy atom. The minimum Gasteiger partial charge on any atom is -0.497 e. The van der Waals surface area contributed by atoms with Gasteiger partial charge in [0.1, 0.15) is 5.75 Å². The highest BCUT2D eigenvalue weighted by Gasteiger charge is 2.38. The molecule has 0 atom stereocenters. The number of rotatable bonds is 4. The standard InChI is InChI=1S/C16H17NO4/c1-21-11-6-7-12-13(8-11)17(16(20)15(12)19)9-14(18)10-4-2-3-5-10/h6-8,10H,2-5,9H2,1H3. The second-order valence-electron chi connectivity index (χ2n) is 5.55. The van der Waals surface area contributed by atoms with Crippen molar-refractivity contribution in [2.24, 2.45) is 5.92 Å². The van der Waals surface area contributed by atoms with E-state index in [1.807, 2.05) is 0 Å². The van der Waals surface area contributed by atoms with E-state index >= 15 is 0 Å². The predicted octanol–water partition coefficient (Wildman–Crippen LogP) is 1.98. The maximum Gasteiger partial charge on any atom is 0.299 e. The zero-order chi connectivity index (χ0) is 15.0. The molecule has 5 heteroatoms. The molecule has 0 spiro atoms. The minimum atomic E-state index is -0.621. The van der Waals surface area contributed by atoms with E-state index in [4.69, 9.17) is 4.74 Å². The zero-order valence-electron chi connectivity index (χ0n) is 11.9. The molecule has 1 aromatic carbocycles. The number of hydrogen-bond donors (Lipinski definition) is 0. The fraction of sp³-hybridized carbons (Fsp3) is 0.438. The summed E-state index contributed by atoms with van der Waals surface area (Å²) in [6.07, 6.45) is 3.90. The Kier molecular flexibility index (Phi) is 3.49. The average molecular weight is 287 g/mol. The molecule has 5 nitrogen and oxygen atoms in total. The van der Waals surface area contributed by atoms with Gasteiger partial charge in [-0.15, -0.1) is 0 Å². The largest absolute Gasteiger partial charge is 0.497 e. The number of amides is 1. The maximum absolute atomic E-state index is 12.3. The van der Waals surface area contributed by atoms with E-state index in [9.17, 15) is 14.4 Å². The highest BCUT2D eigenvalue weighted by atomic mass is 16.5. The molecule has 1 fully saturated rings. The van der Waals surface area contributed by atoms with Crippen molar-refractivity contribution in [3.05, 3.63) is 23.8 Å². The summed E-state index contributed by atoms with van der Waals surface area (Å²) in [5, 5.41) is 0. The first-order chi connectivity index (χ1) is 10.1. The molecule has 1 aromatic rings. The van der Waals surface area contributed by atoms with E-state index in [2.05, 4.69) is 0 Å². The first-order valence-corrected chi connectivity index (χ1v) is 7.18. The summed E-state index contributed by atoms with van der Waals surface area (Å²) in [6, 6.07) is 4.86. The first-order valence-electron chi connectivity index (χ1n) is 7.18. The molecule has 1 amide bonds. The summed E-state index contributed by atoms with van der Waals surface area (Å²) in [7, 11) is 1.52. The van der Waals surface area contributed by atoms with Gasteiger partial charge in [0.05, 0.1) is 24.9 Å². The van der Waals surface area contributed by atoms with E-state index in [1.165, 1.54) is 12.0 Å². The van der Waals surface area contributed by atoms with Crippen LogP contribution >= 0.6 is 0 Å². The van der Waals surface area contributed by atoms with Crippen LogP contribution in [0.25, 0.3) is 0 Å². The molecule has 21 heavy (non-hydrogen) atoms. The SMILES string of the molecule is COc1ccc2c(c1)N(CC(=O)C1CCCC1)C(=O)C2=O. The molecule has 0 saturated heterocycles. The van der Waals surface area contributed by atoms with Crippen molar-refractivity contribution in [3.63, 3.8) is 0 Å². The molecule has 0 bridgehead atoms. The van der Waals surface area contributed by atoms with Gasteiger partial charge in [0, 0.05) is 12.0 Å². The van der Waals surface area contributed by atoms with Crippen molar-refractivity contribution in [1.82, 2.24) is 0 Å². The van der Waals surface area contributed by atoms with Crippen LogP contribution in [0.3, 0.4) is 0 Å². The molecule has 1 aliphatic carbocycles. The summed E-state index contributed by atoms with van der Waals surface area (Å²) >= 11 is 0. The van der Waals surface area contributed by atoms with Crippen molar-refractivity contribution < 1.29 is 19.1 Å². The van der Waals surface area contributed by atoms with Gasteiger partial charge in [-0.05, 0) is 25.0 Å². The summed E-state index contributed by atoms with van der Waals surface area (Å²) in [6.45, 7) is -0.0184. The molecular weight excluding hydrogens is 270 g/mol. The van der Waals surface area contributed by atoms with Gasteiger partial charge in [-0.2, -0.15) is 0 Å². The Hall–Kier alpha value is -2.17. The first kappa shape index (κ1) is 13.8. The van der Waals surface area contributed by atoms with Gasteiger partial charge in [-0.25, -0.2) is 0 Å². The molecule has 0 aromatic heterocycles. The van der Waals surface area contributed by atoms with Gasteiger partial charge in [0.25, 0.3) is 11.7 Å². The van der Waals surface area contributed by atoms with Gasteiger partial charge >= 0.3 is 0 Å². The number of hydrogen-bond acceptors (Lipinski definition) is 4. The van der Waals surface area contributed by atoms with E-state index in [0.29, 0.717) is 17.0 Å². The van der Waals surface area contributed by atoms with Crippen LogP contribution < -0.4 is 9.64 Å². The fourth-order valence-corrected chi connectivity index (χ4v) is 3.09. The highest BCUT2D eigenvalue weighted by Crippen LogP contribution is 2.33. The number of ketones is 2. The predicted molar refractivity (Wildman–Crippen MR) is 76.6 cm³/mol. The second-order valence-corrected chi connectivity index (χ2v) is 5.55. The van der Waals surface area contributed by atoms with Crippen molar-refractivity contribution in [2.45, 2.75) is 25.7 Å². The lowest BCUT2D eigenvalue weighted by atomic mass is 10.0. The average Bonchev–Trinajstić information content (AvgIpc) is 3.11. The van der Waals surface area contributed by atoms with Crippen molar-refractivity contribution in [1.29, 1.82) is 0 Å². The lowest BCUT2D eigenvalue weighted by molar-refractivity contribution is -0.123. The van der Waals surface area contributed by atoms with Crippen LogP contribution in [-0.2, 0) is 9.59 Å². The Bertz CT molecular complexity index is 617. The molecule has 110 valence electrons. The van der Waals surface area contributed by atoms with Gasteiger partial charge in [0.15, 0.2) is 5.78 Å². The monoisotopic (exact) mass is 287 g/mol. The van der Waals surface area contributed by atoms with Crippen molar-refractivity contribution in [3.8, 4) is 5.75 Å². The molecular formula is C16H17NO4. The minimum absolute atomic E-state index is 0.0184. The van der Waals surface area contributed by atoms with Crippen LogP contribution in [0.5, 0.6) is 5.75 Å². The Morgan fingerprint density at radius 3 is 2.67 bits per heavy atom. The zero-order valence-corrected chi connectivity index (χ0v) is 11.9. The maximum atomic E-state index is 12.3. The van der Waals surface area contributed by atoms with E-state index in [1.54, 1.807) is 18.2 Å². The molecule has 2 aliphatic rings. The van der Waals surface area contributed by atoms with Crippen molar-refractivity contribution in [2.75, 3.05) is 18.6 Å². The third-order valence-corrected chi connectivity index (χ3v) is 4.30. The van der Waals surface area contributed by atoms with Crippen molar-refractivity contribution >= 4 is 23.2 Å². The number of carbonyl (C=O) groups is 3. The highest BCUT2D eigenvalue weighted by molar-refractivity contribution is 6.52. The number of nitrogens with zero attached hydrogens (tertiary/aromatic N) is 1. The summed E-state index contributed by atoms with van der Waals surface area (Å²) in [5.41, 5.74) is 0.829. The van der Waals surface area contributed by atoms with E-state index in [-0.39, 0.29) is 18.2 Å². The number of fused-ring (bicyclic) bond motifs is 1. The van der Waals surface area contributed by atoms with Crippen LogP contribution in [0.1, 0.15) is 36.0 Å². The number of anilines is 1. The van der Waals surface area contributed by atoms with Gasteiger partial charge in [-0.1, -0.05) is 12.8 Å². The Morgan fingerprint density at radius 2 is 2.00 bits per heavy atom. The second kappa shape index (κ2) is 5.31. The number of methoxy groups -OCH3 is 1. The molecule has 0 radical (unpaired) electrons. The van der Waals surface area contributed by atoms with E-state index in [0.717, 1.165) is 25.7 Å². The number of ether oxygens (including phenoxy) is 1. The van der Waals surface area contributed by atoms with E-state index < -0.39 is 11.7 Å². The smallest absolute Gasteiger partial charge is 0.299 e. The summed E-state index contributed by atoms with van der Waals surface area (Å²) in [5.74, 6) is -0.530. The molecule has 1 heterocycles. The fourth-order valence-electron chi connectivity index (χ4n) is 3.09. The molecule has 0 unspecified atom stereocenters. The molecule has 0 N–H and O–H groups in total. The van der Waals surface area contributed by atoms with Crippen LogP contribution in [0.2, 0.25) is 0 Å². The molecule has 3 rings (SSSR count). The lowest BCUT2D eigenvalue weighted by Crippen LogP contribution is -2.36. The van der Waals surface area contributed by atoms with Gasteiger partial charge in [0.2, 0.25) is 0 Å². The lowest BCUT2D eigenvalue weighted by Gasteiger charge is -2.18. The quantitative estimate of drug-likeness (QED) is 0.794. The normalized spacial score (nSPS) is 18.2. The summed E-state index contributed by atoms with van der Waals surface area (Å²) in [4.78, 5) is 37.6. The number of benzene rings is 1. The summed E-state index contributed by atoms with van der Waals surface area (Å²) < 4.78 is 5.13. The number of carbonyl (C=O) groups excluding carboxylic acids is 3. The van der Waals surface area contributed by atoms with Crippen LogP contribution in [0.4, 0.5) is 5.69 Å². The third-order valence-electron chi connectivity index (χ3n) is 4.30. The molecule has 1 saturated carbocycles. The molecule has 1 aliphatic heterocycles. The van der Waals surface area contributed by atoms with Gasteiger partial charge in [-0.3, -0.25) is 19.3 Å². The topological polar surface area (TPSA) is 63.7 Å². The Balaban J connectivity index is 1.87. The Labute approximate surface area is 122 Å². The van der Waals surface area contributed by atoms with Crippen LogP contribution in [0.15, 0.2) is 18.2 Å². The third kappa shape index (κ3) is 2.33. The number of Topliss-reactive ketones (excluding diaryl/α,β-unsaturated/α-hetero) is 2. The van der Waals surface area contributed by atoms with Crippen LogP contribution in [0, 0.1) is 5.92 Å². The van der Waals surface area contributed by atoms with Crippen LogP contribution in [-0.4, -0.2) is 31.1 Å².